The highest BCUT2D eigenvalue weighted by Crippen LogP contribution is 2.43. The van der Waals surface area contributed by atoms with Gasteiger partial charge in [0.05, 0.1) is 6.42 Å². The second kappa shape index (κ2) is 17.5. The molecule has 0 rings (SSSR count). The van der Waals surface area contributed by atoms with Crippen molar-refractivity contribution >= 4 is 23.7 Å². The number of carboxylic acids is 3. The van der Waals surface area contributed by atoms with E-state index in [1.807, 2.05) is 6.92 Å². The lowest BCUT2D eigenvalue weighted by Crippen LogP contribution is -2.63. The van der Waals surface area contributed by atoms with Crippen LogP contribution >= 0.6 is 0 Å². The number of unbranched alkanes of at least 4 members (excludes halogenated alkanes) is 13. The van der Waals surface area contributed by atoms with Crippen LogP contribution in [0.4, 0.5) is 0 Å². The summed E-state index contributed by atoms with van der Waals surface area (Å²) in [6.07, 6.45) is 12.0. The molecule has 0 aromatic carbocycles. The summed E-state index contributed by atoms with van der Waals surface area (Å²) in [6, 6.07) is 0. The Bertz CT molecular complexity index is 632. The van der Waals surface area contributed by atoms with E-state index in [2.05, 4.69) is 6.92 Å². The fraction of sp³-hybridized carbons (Fsp3) is 0.846. The zero-order chi connectivity index (χ0) is 26.0. The van der Waals surface area contributed by atoms with Crippen LogP contribution in [0.5, 0.6) is 0 Å². The number of rotatable bonds is 23. The normalized spacial score (nSPS) is 14.8. The average molecular weight is 487 g/mol. The minimum Gasteiger partial charge on any atom is -0.481 e. The van der Waals surface area contributed by atoms with Crippen molar-refractivity contribution in [3.05, 3.63) is 0 Å². The molecule has 8 heteroatoms. The number of carboxylic acid groups (broad SMARTS) is 3. The van der Waals surface area contributed by atoms with Crippen LogP contribution in [0.25, 0.3) is 0 Å². The van der Waals surface area contributed by atoms with Gasteiger partial charge in [-0.1, -0.05) is 104 Å². The predicted octanol–water partition coefficient (Wildman–Crippen LogP) is 5.59. The van der Waals surface area contributed by atoms with Gasteiger partial charge in [-0.25, -0.2) is 4.79 Å². The number of hydrogen-bond acceptors (Lipinski definition) is 5. The molecule has 0 bridgehead atoms. The van der Waals surface area contributed by atoms with Crippen molar-refractivity contribution < 1.29 is 39.6 Å². The molecule has 0 aliphatic heterocycles. The molecule has 198 valence electrons. The van der Waals surface area contributed by atoms with Gasteiger partial charge in [-0.3, -0.25) is 14.4 Å². The van der Waals surface area contributed by atoms with Crippen LogP contribution in [0, 0.1) is 5.41 Å². The summed E-state index contributed by atoms with van der Waals surface area (Å²) in [6.45, 7) is 4.09. The van der Waals surface area contributed by atoms with Crippen molar-refractivity contribution in [1.82, 2.24) is 0 Å². The number of aliphatic carboxylic acids is 3. The maximum Gasteiger partial charge on any atom is 0.338 e. The molecule has 0 aliphatic carbocycles. The summed E-state index contributed by atoms with van der Waals surface area (Å²) < 4.78 is 0. The zero-order valence-corrected chi connectivity index (χ0v) is 21.1. The summed E-state index contributed by atoms with van der Waals surface area (Å²) in [5, 5.41) is 39.7. The van der Waals surface area contributed by atoms with Gasteiger partial charge >= 0.3 is 17.9 Å². The van der Waals surface area contributed by atoms with E-state index in [1.165, 1.54) is 38.5 Å². The molecule has 0 amide bonds. The molecule has 0 radical (unpaired) electrons. The maximum atomic E-state index is 13.0. The molecule has 0 aliphatic rings. The molecule has 0 heterocycles. The van der Waals surface area contributed by atoms with Crippen LogP contribution in [0.15, 0.2) is 0 Å². The first-order chi connectivity index (χ1) is 16.1. The fourth-order valence-corrected chi connectivity index (χ4v) is 4.59. The molecule has 0 aromatic rings. The summed E-state index contributed by atoms with van der Waals surface area (Å²) in [4.78, 5) is 48.6. The average Bonchev–Trinajstić information content (AvgIpc) is 2.76. The van der Waals surface area contributed by atoms with Gasteiger partial charge in [-0.15, -0.1) is 0 Å². The second-order valence-electron chi connectivity index (χ2n) is 9.47. The number of aliphatic hydroxyl groups is 1. The van der Waals surface area contributed by atoms with Gasteiger partial charge in [0.25, 0.3) is 0 Å². The molecule has 0 aromatic heterocycles. The second-order valence-corrected chi connectivity index (χ2v) is 9.47. The van der Waals surface area contributed by atoms with E-state index in [0.29, 0.717) is 19.3 Å². The van der Waals surface area contributed by atoms with Gasteiger partial charge in [0.1, 0.15) is 0 Å². The number of Topliss-reactive ketones (excluding diaryl/α,β-unsaturated/α-hetero) is 1. The Morgan fingerprint density at radius 2 is 1.00 bits per heavy atom. The van der Waals surface area contributed by atoms with Crippen LogP contribution in [0.3, 0.4) is 0 Å². The van der Waals surface area contributed by atoms with E-state index >= 15 is 0 Å². The third kappa shape index (κ3) is 10.1. The molecular weight excluding hydrogens is 440 g/mol. The van der Waals surface area contributed by atoms with Gasteiger partial charge in [0.15, 0.2) is 16.8 Å². The summed E-state index contributed by atoms with van der Waals surface area (Å²) >= 11 is 0. The lowest BCUT2D eigenvalue weighted by molar-refractivity contribution is -0.196. The van der Waals surface area contributed by atoms with Crippen LogP contribution in [-0.4, -0.2) is 49.7 Å². The monoisotopic (exact) mass is 486 g/mol. The lowest BCUT2D eigenvalue weighted by atomic mass is 9.63. The number of carbonyl (C=O) groups excluding carboxylic acids is 1. The highest BCUT2D eigenvalue weighted by atomic mass is 16.4. The third-order valence-electron chi connectivity index (χ3n) is 6.72. The Kier molecular flexibility index (Phi) is 16.5. The highest BCUT2D eigenvalue weighted by molar-refractivity contribution is 6.09. The minimum atomic E-state index is -3.22. The molecule has 0 saturated heterocycles. The van der Waals surface area contributed by atoms with Crippen LogP contribution < -0.4 is 0 Å². The zero-order valence-electron chi connectivity index (χ0n) is 21.1. The SMILES string of the molecule is CCCCCCCCCCCCCCC(C(=O)O)(C(=O)CCCCC)C(O)(CC(=O)O)C(=O)O. The minimum absolute atomic E-state index is 0.215. The Balaban J connectivity index is 5.09. The molecule has 0 saturated carbocycles. The van der Waals surface area contributed by atoms with Gasteiger partial charge in [-0.2, -0.15) is 0 Å². The van der Waals surface area contributed by atoms with Crippen molar-refractivity contribution in [1.29, 1.82) is 0 Å². The van der Waals surface area contributed by atoms with Crippen LogP contribution in [0.2, 0.25) is 0 Å². The third-order valence-corrected chi connectivity index (χ3v) is 6.72. The molecule has 2 unspecified atom stereocenters. The first-order valence-corrected chi connectivity index (χ1v) is 13.0. The standard InChI is InChI=1S/C26H46O8/c1-3-5-7-8-9-10-11-12-13-14-15-17-19-25(23(30)31,21(27)18-16-6-4-2)26(34,24(32)33)20-22(28)29/h34H,3-20H2,1-2H3,(H,28,29)(H,30,31)(H,32,33). The topological polar surface area (TPSA) is 149 Å². The van der Waals surface area contributed by atoms with Crippen molar-refractivity contribution in [3.8, 4) is 0 Å². The van der Waals surface area contributed by atoms with E-state index in [4.69, 9.17) is 0 Å². The Hall–Kier alpha value is -1.96. The summed E-state index contributed by atoms with van der Waals surface area (Å²) in [5.74, 6) is -6.36. The van der Waals surface area contributed by atoms with Crippen LogP contribution in [-0.2, 0) is 19.2 Å². The van der Waals surface area contributed by atoms with Gasteiger partial charge in [0.2, 0.25) is 0 Å². The number of carbonyl (C=O) groups is 4. The van der Waals surface area contributed by atoms with E-state index < -0.39 is 47.5 Å². The van der Waals surface area contributed by atoms with Gasteiger partial charge in [0, 0.05) is 6.42 Å². The van der Waals surface area contributed by atoms with Crippen molar-refractivity contribution in [2.75, 3.05) is 0 Å². The Morgan fingerprint density at radius 3 is 1.38 bits per heavy atom. The van der Waals surface area contributed by atoms with E-state index in [-0.39, 0.29) is 12.8 Å². The van der Waals surface area contributed by atoms with Gasteiger partial charge < -0.3 is 20.4 Å². The molecular formula is C26H46O8. The molecule has 0 spiro atoms. The Labute approximate surface area is 204 Å². The molecule has 0 fully saturated rings. The first kappa shape index (κ1) is 32.0. The van der Waals surface area contributed by atoms with Crippen molar-refractivity contribution in [2.24, 2.45) is 5.41 Å². The van der Waals surface area contributed by atoms with Gasteiger partial charge in [-0.05, 0) is 12.8 Å². The highest BCUT2D eigenvalue weighted by Gasteiger charge is 2.65. The Morgan fingerprint density at radius 1 is 0.588 bits per heavy atom. The molecule has 2 atom stereocenters. The molecule has 34 heavy (non-hydrogen) atoms. The van der Waals surface area contributed by atoms with Crippen molar-refractivity contribution in [3.63, 3.8) is 0 Å². The number of hydrogen-bond donors (Lipinski definition) is 4. The summed E-state index contributed by atoms with van der Waals surface area (Å²) in [7, 11) is 0. The summed E-state index contributed by atoms with van der Waals surface area (Å²) in [5.41, 5.74) is -5.91. The molecule has 4 N–H and O–H groups in total. The quantitative estimate of drug-likeness (QED) is 0.108. The number of ketones is 1. The predicted molar refractivity (Wildman–Crippen MR) is 130 cm³/mol. The smallest absolute Gasteiger partial charge is 0.338 e. The van der Waals surface area contributed by atoms with E-state index in [1.54, 1.807) is 0 Å². The fourth-order valence-electron chi connectivity index (χ4n) is 4.59. The molecule has 8 nitrogen and oxygen atoms in total. The van der Waals surface area contributed by atoms with Crippen molar-refractivity contribution in [2.45, 2.75) is 135 Å². The van der Waals surface area contributed by atoms with E-state index in [9.17, 15) is 39.6 Å². The first-order valence-electron chi connectivity index (χ1n) is 13.0. The lowest BCUT2D eigenvalue weighted by Gasteiger charge is -2.39. The van der Waals surface area contributed by atoms with Crippen LogP contribution in [0.1, 0.15) is 129 Å². The van der Waals surface area contributed by atoms with E-state index in [0.717, 1.165) is 32.1 Å². The maximum absolute atomic E-state index is 13.0. The largest absolute Gasteiger partial charge is 0.481 e.